The zero-order valence-electron chi connectivity index (χ0n) is 12.9. The standard InChI is InChI=1S/C16H13ClN4O3S/c17-13-3-5-14(6-4-13)25(22,23)21-9-12(10-21)16-19-15(20-24-16)11-2-1-7-18-8-11/h1-8,12H,9-10H2. The smallest absolute Gasteiger partial charge is 0.243 e. The van der Waals surface area contributed by atoms with Crippen LogP contribution in [0.3, 0.4) is 0 Å². The van der Waals surface area contributed by atoms with Crippen molar-refractivity contribution in [1.29, 1.82) is 0 Å². The van der Waals surface area contributed by atoms with E-state index in [4.69, 9.17) is 16.1 Å². The second kappa shape index (κ2) is 6.21. The van der Waals surface area contributed by atoms with E-state index >= 15 is 0 Å². The van der Waals surface area contributed by atoms with Crippen LogP contribution in [0.4, 0.5) is 0 Å². The van der Waals surface area contributed by atoms with E-state index in [0.717, 1.165) is 5.56 Å². The van der Waals surface area contributed by atoms with Crippen molar-refractivity contribution in [2.75, 3.05) is 13.1 Å². The number of sulfonamides is 1. The van der Waals surface area contributed by atoms with Crippen LogP contribution < -0.4 is 0 Å². The number of pyridine rings is 1. The van der Waals surface area contributed by atoms with E-state index in [2.05, 4.69) is 15.1 Å². The van der Waals surface area contributed by atoms with Gasteiger partial charge in [-0.2, -0.15) is 9.29 Å². The highest BCUT2D eigenvalue weighted by Crippen LogP contribution is 2.32. The second-order valence-corrected chi connectivity index (χ2v) is 8.05. The van der Waals surface area contributed by atoms with E-state index in [-0.39, 0.29) is 10.8 Å². The van der Waals surface area contributed by atoms with Crippen molar-refractivity contribution in [3.8, 4) is 11.4 Å². The lowest BCUT2D eigenvalue weighted by molar-refractivity contribution is 0.217. The third-order valence-electron chi connectivity index (χ3n) is 4.01. The van der Waals surface area contributed by atoms with E-state index in [0.29, 0.717) is 29.8 Å². The Balaban J connectivity index is 1.47. The molecule has 4 rings (SSSR count). The minimum atomic E-state index is -3.53. The fraction of sp³-hybridized carbons (Fsp3) is 0.188. The first-order valence-electron chi connectivity index (χ1n) is 7.54. The van der Waals surface area contributed by atoms with Gasteiger partial charge >= 0.3 is 0 Å². The number of halogens is 1. The first-order valence-corrected chi connectivity index (χ1v) is 9.35. The largest absolute Gasteiger partial charge is 0.339 e. The van der Waals surface area contributed by atoms with Crippen molar-refractivity contribution in [2.45, 2.75) is 10.8 Å². The Kier molecular flexibility index (Phi) is 4.03. The zero-order valence-corrected chi connectivity index (χ0v) is 14.5. The summed E-state index contributed by atoms with van der Waals surface area (Å²) in [5.41, 5.74) is 0.752. The monoisotopic (exact) mass is 376 g/mol. The molecule has 0 spiro atoms. The van der Waals surface area contributed by atoms with E-state index in [1.165, 1.54) is 16.4 Å². The molecule has 0 saturated carbocycles. The van der Waals surface area contributed by atoms with Crippen LogP contribution in [0.2, 0.25) is 5.02 Å². The quantitative estimate of drug-likeness (QED) is 0.695. The topological polar surface area (TPSA) is 89.2 Å². The molecule has 0 aliphatic carbocycles. The van der Waals surface area contributed by atoms with Crippen LogP contribution in [-0.2, 0) is 10.0 Å². The van der Waals surface area contributed by atoms with Gasteiger partial charge in [0.1, 0.15) is 0 Å². The van der Waals surface area contributed by atoms with E-state index < -0.39 is 10.0 Å². The van der Waals surface area contributed by atoms with Gasteiger partial charge < -0.3 is 4.52 Å². The van der Waals surface area contributed by atoms with Crippen molar-refractivity contribution in [3.63, 3.8) is 0 Å². The van der Waals surface area contributed by atoms with Gasteiger partial charge in [0, 0.05) is 36.1 Å². The summed E-state index contributed by atoms with van der Waals surface area (Å²) in [5, 5.41) is 4.43. The van der Waals surface area contributed by atoms with Crippen molar-refractivity contribution in [3.05, 3.63) is 59.7 Å². The highest BCUT2D eigenvalue weighted by atomic mass is 35.5. The Morgan fingerprint density at radius 3 is 2.60 bits per heavy atom. The van der Waals surface area contributed by atoms with Gasteiger partial charge in [0.15, 0.2) is 0 Å². The zero-order chi connectivity index (χ0) is 17.4. The summed E-state index contributed by atoms with van der Waals surface area (Å²) in [7, 11) is -3.53. The number of hydrogen-bond donors (Lipinski definition) is 0. The highest BCUT2D eigenvalue weighted by Gasteiger charge is 2.40. The molecule has 3 aromatic rings. The Bertz CT molecular complexity index is 984. The molecule has 0 atom stereocenters. The van der Waals surface area contributed by atoms with Gasteiger partial charge in [-0.1, -0.05) is 16.8 Å². The highest BCUT2D eigenvalue weighted by molar-refractivity contribution is 7.89. The maximum absolute atomic E-state index is 12.5. The molecule has 128 valence electrons. The van der Waals surface area contributed by atoms with Crippen LogP contribution in [0.1, 0.15) is 11.8 Å². The average molecular weight is 377 g/mol. The van der Waals surface area contributed by atoms with Crippen LogP contribution in [0.5, 0.6) is 0 Å². The Morgan fingerprint density at radius 1 is 1.16 bits per heavy atom. The van der Waals surface area contributed by atoms with Gasteiger partial charge in [0.25, 0.3) is 0 Å². The fourth-order valence-corrected chi connectivity index (χ4v) is 4.22. The lowest BCUT2D eigenvalue weighted by Crippen LogP contribution is -2.48. The van der Waals surface area contributed by atoms with E-state index in [1.54, 1.807) is 30.6 Å². The van der Waals surface area contributed by atoms with Crippen molar-refractivity contribution < 1.29 is 12.9 Å². The Morgan fingerprint density at radius 2 is 1.92 bits per heavy atom. The SMILES string of the molecule is O=S(=O)(c1ccc(Cl)cc1)N1CC(c2nc(-c3cccnc3)no2)C1. The fourth-order valence-electron chi connectivity index (χ4n) is 2.56. The predicted octanol–water partition coefficient (Wildman–Crippen LogP) is 2.57. The molecule has 1 saturated heterocycles. The molecule has 7 nitrogen and oxygen atoms in total. The lowest BCUT2D eigenvalue weighted by Gasteiger charge is -2.35. The number of hydrogen-bond acceptors (Lipinski definition) is 6. The molecule has 3 heterocycles. The first kappa shape index (κ1) is 16.2. The number of benzene rings is 1. The molecular weight excluding hydrogens is 364 g/mol. The Hall–Kier alpha value is -2.29. The van der Waals surface area contributed by atoms with Gasteiger partial charge in [0.2, 0.25) is 21.7 Å². The van der Waals surface area contributed by atoms with Gasteiger partial charge in [-0.15, -0.1) is 0 Å². The normalized spacial score (nSPS) is 15.9. The number of rotatable bonds is 4. The molecule has 9 heteroatoms. The van der Waals surface area contributed by atoms with Gasteiger partial charge in [-0.25, -0.2) is 8.42 Å². The van der Waals surface area contributed by atoms with Crippen LogP contribution >= 0.6 is 11.6 Å². The molecule has 2 aromatic heterocycles. The molecule has 1 aromatic carbocycles. The van der Waals surface area contributed by atoms with Crippen LogP contribution in [0.15, 0.2) is 58.2 Å². The molecule has 0 amide bonds. The summed E-state index contributed by atoms with van der Waals surface area (Å²) < 4.78 is 31.7. The minimum absolute atomic E-state index is 0.111. The maximum Gasteiger partial charge on any atom is 0.243 e. The van der Waals surface area contributed by atoms with Crippen molar-refractivity contribution in [2.24, 2.45) is 0 Å². The third kappa shape index (κ3) is 3.04. The number of nitrogens with zero attached hydrogens (tertiary/aromatic N) is 4. The molecule has 1 aliphatic heterocycles. The summed E-state index contributed by atoms with van der Waals surface area (Å²) in [4.78, 5) is 8.58. The molecule has 0 radical (unpaired) electrons. The summed E-state index contributed by atoms with van der Waals surface area (Å²) in [5.74, 6) is 0.767. The molecule has 1 aliphatic rings. The Labute approximate surface area is 149 Å². The second-order valence-electron chi connectivity index (χ2n) is 5.67. The summed E-state index contributed by atoms with van der Waals surface area (Å²) in [6.07, 6.45) is 3.31. The van der Waals surface area contributed by atoms with Crippen molar-refractivity contribution in [1.82, 2.24) is 19.4 Å². The predicted molar refractivity (Wildman–Crippen MR) is 90.5 cm³/mol. The minimum Gasteiger partial charge on any atom is -0.339 e. The summed E-state index contributed by atoms with van der Waals surface area (Å²) >= 11 is 5.80. The third-order valence-corrected chi connectivity index (χ3v) is 6.11. The van der Waals surface area contributed by atoms with Crippen LogP contribution in [-0.4, -0.2) is 40.9 Å². The molecule has 0 unspecified atom stereocenters. The first-order chi connectivity index (χ1) is 12.0. The average Bonchev–Trinajstić information content (AvgIpc) is 3.04. The molecular formula is C16H13ClN4O3S. The molecule has 0 bridgehead atoms. The summed E-state index contributed by atoms with van der Waals surface area (Å²) in [6, 6.07) is 9.74. The maximum atomic E-state index is 12.5. The van der Waals surface area contributed by atoms with E-state index in [9.17, 15) is 8.42 Å². The van der Waals surface area contributed by atoms with Gasteiger partial charge in [-0.3, -0.25) is 4.98 Å². The summed E-state index contributed by atoms with van der Waals surface area (Å²) in [6.45, 7) is 0.610. The van der Waals surface area contributed by atoms with Crippen LogP contribution in [0.25, 0.3) is 11.4 Å². The number of aromatic nitrogens is 3. The van der Waals surface area contributed by atoms with Crippen molar-refractivity contribution >= 4 is 21.6 Å². The molecule has 0 N–H and O–H groups in total. The molecule has 1 fully saturated rings. The van der Waals surface area contributed by atoms with E-state index in [1.807, 2.05) is 6.07 Å². The van der Waals surface area contributed by atoms with Gasteiger partial charge in [0.05, 0.1) is 10.8 Å². The van der Waals surface area contributed by atoms with Crippen LogP contribution in [0, 0.1) is 0 Å². The van der Waals surface area contributed by atoms with Gasteiger partial charge in [-0.05, 0) is 36.4 Å². The molecule has 25 heavy (non-hydrogen) atoms. The lowest BCUT2D eigenvalue weighted by atomic mass is 10.0.